The van der Waals surface area contributed by atoms with E-state index in [0.717, 1.165) is 17.7 Å². The van der Waals surface area contributed by atoms with Crippen molar-refractivity contribution in [3.8, 4) is 0 Å². The van der Waals surface area contributed by atoms with Crippen LogP contribution < -0.4 is 10.2 Å². The monoisotopic (exact) mass is 300 g/mol. The number of nitrogens with zero attached hydrogens (tertiary/aromatic N) is 3. The summed E-state index contributed by atoms with van der Waals surface area (Å²) in [7, 11) is 0. The minimum Gasteiger partial charge on any atom is -0.338 e. The van der Waals surface area contributed by atoms with E-state index < -0.39 is 0 Å². The van der Waals surface area contributed by atoms with Gasteiger partial charge in [0.2, 0.25) is 11.8 Å². The first-order valence-electron chi connectivity index (χ1n) is 7.56. The number of benzene rings is 1. The number of carbonyl (C=O) groups is 1. The van der Waals surface area contributed by atoms with Gasteiger partial charge in [0.15, 0.2) is 0 Å². The molecule has 0 aliphatic carbocycles. The fourth-order valence-corrected chi connectivity index (χ4v) is 2.80. The van der Waals surface area contributed by atoms with E-state index in [-0.39, 0.29) is 17.9 Å². The molecular formula is C16H20N4O2. The average Bonchev–Trinajstić information content (AvgIpc) is 2.87. The molecule has 2 heterocycles. The molecule has 0 saturated heterocycles. The Balaban J connectivity index is 2.06. The smallest absolute Gasteiger partial charge is 0.267 e. The molecule has 0 radical (unpaired) electrons. The molecule has 2 aromatic rings. The van der Waals surface area contributed by atoms with Gasteiger partial charge in [-0.2, -0.15) is 4.98 Å². The highest BCUT2D eigenvalue weighted by Crippen LogP contribution is 2.29. The van der Waals surface area contributed by atoms with Crippen molar-refractivity contribution in [1.82, 2.24) is 10.1 Å². The normalized spacial score (nSPS) is 19.3. The van der Waals surface area contributed by atoms with E-state index in [1.54, 1.807) is 6.92 Å². The molecular weight excluding hydrogens is 280 g/mol. The van der Waals surface area contributed by atoms with Gasteiger partial charge < -0.3 is 14.7 Å². The molecule has 1 aliphatic rings. The van der Waals surface area contributed by atoms with Crippen LogP contribution in [0.2, 0.25) is 0 Å². The first-order chi connectivity index (χ1) is 10.6. The molecule has 1 aromatic heterocycles. The molecule has 2 atom stereocenters. The molecule has 0 unspecified atom stereocenters. The van der Waals surface area contributed by atoms with Crippen LogP contribution in [0.4, 0.5) is 11.6 Å². The van der Waals surface area contributed by atoms with Crippen LogP contribution in [0, 0.1) is 12.8 Å². The number of anilines is 2. The maximum absolute atomic E-state index is 12.7. The molecule has 0 bridgehead atoms. The van der Waals surface area contributed by atoms with E-state index in [9.17, 15) is 4.79 Å². The van der Waals surface area contributed by atoms with Crippen molar-refractivity contribution in [3.05, 3.63) is 35.7 Å². The summed E-state index contributed by atoms with van der Waals surface area (Å²) in [5, 5.41) is 7.04. The Bertz CT molecular complexity index is 682. The zero-order valence-electron chi connectivity index (χ0n) is 13.0. The summed E-state index contributed by atoms with van der Waals surface area (Å²) < 4.78 is 5.11. The number of para-hydroxylation sites is 1. The van der Waals surface area contributed by atoms with E-state index in [0.29, 0.717) is 18.4 Å². The van der Waals surface area contributed by atoms with Gasteiger partial charge in [-0.15, -0.1) is 0 Å². The van der Waals surface area contributed by atoms with E-state index in [1.807, 2.05) is 29.2 Å². The lowest BCUT2D eigenvalue weighted by Gasteiger charge is -2.31. The van der Waals surface area contributed by atoms with Crippen molar-refractivity contribution in [1.29, 1.82) is 0 Å². The lowest BCUT2D eigenvalue weighted by Crippen LogP contribution is -2.46. The first-order valence-corrected chi connectivity index (χ1v) is 7.56. The van der Waals surface area contributed by atoms with Gasteiger partial charge in [0.1, 0.15) is 6.04 Å². The highest BCUT2D eigenvalue weighted by atomic mass is 16.5. The van der Waals surface area contributed by atoms with E-state index >= 15 is 0 Å². The second kappa shape index (κ2) is 5.79. The second-order valence-corrected chi connectivity index (χ2v) is 5.72. The molecule has 0 saturated carbocycles. The van der Waals surface area contributed by atoms with Crippen LogP contribution in [0.5, 0.6) is 0 Å². The average molecular weight is 300 g/mol. The van der Waals surface area contributed by atoms with Crippen LogP contribution in [-0.4, -0.2) is 22.1 Å². The lowest BCUT2D eigenvalue weighted by atomic mass is 9.97. The Morgan fingerprint density at radius 1 is 1.45 bits per heavy atom. The summed E-state index contributed by atoms with van der Waals surface area (Å²) in [6, 6.07) is 7.49. The van der Waals surface area contributed by atoms with Gasteiger partial charge in [-0.3, -0.25) is 4.79 Å². The van der Waals surface area contributed by atoms with Crippen LogP contribution in [0.3, 0.4) is 0 Å². The van der Waals surface area contributed by atoms with Gasteiger partial charge in [-0.1, -0.05) is 38.5 Å². The van der Waals surface area contributed by atoms with E-state index in [2.05, 4.69) is 29.3 Å². The van der Waals surface area contributed by atoms with Gasteiger partial charge in [-0.25, -0.2) is 0 Å². The minimum absolute atomic E-state index is 0.0262. The largest absolute Gasteiger partial charge is 0.338 e. The summed E-state index contributed by atoms with van der Waals surface area (Å²) >= 11 is 0. The summed E-state index contributed by atoms with van der Waals surface area (Å²) in [5.74, 6) is 1.11. The van der Waals surface area contributed by atoms with Gasteiger partial charge in [-0.05, 0) is 22.7 Å². The van der Waals surface area contributed by atoms with Crippen LogP contribution in [-0.2, 0) is 11.3 Å². The summed E-state index contributed by atoms with van der Waals surface area (Å²) in [6.45, 7) is 6.47. The standard InChI is InChI=1S/C16H20N4O2/c1-4-10(2)14-15(21)18-13-8-6-5-7-12(13)9-20(14)16-17-11(3)22-19-16/h5-8,10,14H,4,9H2,1-3H3,(H,18,21)/t10-,14-/m0/s1. The number of nitrogens with one attached hydrogen (secondary N) is 1. The van der Waals surface area contributed by atoms with Crippen molar-refractivity contribution in [3.63, 3.8) is 0 Å². The predicted octanol–water partition coefficient (Wildman–Crippen LogP) is 2.75. The highest BCUT2D eigenvalue weighted by molar-refractivity contribution is 5.98. The SMILES string of the molecule is CC[C@H](C)[C@H]1C(=O)Nc2ccccc2CN1c1noc(C)n1. The Labute approximate surface area is 129 Å². The number of aromatic nitrogens is 2. The van der Waals surface area contributed by atoms with Crippen molar-refractivity contribution >= 4 is 17.5 Å². The third kappa shape index (κ3) is 2.56. The third-order valence-corrected chi connectivity index (χ3v) is 4.18. The lowest BCUT2D eigenvalue weighted by molar-refractivity contribution is -0.118. The maximum Gasteiger partial charge on any atom is 0.267 e. The van der Waals surface area contributed by atoms with Gasteiger partial charge in [0.25, 0.3) is 5.95 Å². The maximum atomic E-state index is 12.7. The number of amides is 1. The van der Waals surface area contributed by atoms with Gasteiger partial charge in [0, 0.05) is 19.2 Å². The van der Waals surface area contributed by atoms with Crippen LogP contribution in [0.15, 0.2) is 28.8 Å². The van der Waals surface area contributed by atoms with Crippen LogP contribution >= 0.6 is 0 Å². The van der Waals surface area contributed by atoms with Gasteiger partial charge in [0.05, 0.1) is 0 Å². The molecule has 116 valence electrons. The fraction of sp³-hybridized carbons (Fsp3) is 0.438. The number of hydrogen-bond acceptors (Lipinski definition) is 5. The number of fused-ring (bicyclic) bond motifs is 1. The van der Waals surface area contributed by atoms with Crippen molar-refractivity contribution in [2.75, 3.05) is 10.2 Å². The molecule has 1 aliphatic heterocycles. The summed E-state index contributed by atoms with van der Waals surface area (Å²) in [6.07, 6.45) is 0.891. The highest BCUT2D eigenvalue weighted by Gasteiger charge is 2.36. The number of hydrogen-bond donors (Lipinski definition) is 1. The molecule has 6 nitrogen and oxygen atoms in total. The van der Waals surface area contributed by atoms with Crippen molar-refractivity contribution in [2.45, 2.75) is 39.8 Å². The topological polar surface area (TPSA) is 71.3 Å². The molecule has 1 aromatic carbocycles. The number of rotatable bonds is 3. The molecule has 1 N–H and O–H groups in total. The molecule has 0 spiro atoms. The van der Waals surface area contributed by atoms with Crippen LogP contribution in [0.1, 0.15) is 31.7 Å². The van der Waals surface area contributed by atoms with Crippen molar-refractivity contribution < 1.29 is 9.32 Å². The molecule has 6 heteroatoms. The zero-order chi connectivity index (χ0) is 15.7. The Kier molecular flexibility index (Phi) is 3.83. The summed E-state index contributed by atoms with van der Waals surface area (Å²) in [5.41, 5.74) is 1.90. The third-order valence-electron chi connectivity index (χ3n) is 4.18. The Morgan fingerprint density at radius 3 is 2.91 bits per heavy atom. The van der Waals surface area contributed by atoms with E-state index in [1.165, 1.54) is 0 Å². The second-order valence-electron chi connectivity index (χ2n) is 5.72. The summed E-state index contributed by atoms with van der Waals surface area (Å²) in [4.78, 5) is 19.0. The predicted molar refractivity (Wildman–Crippen MR) is 83.5 cm³/mol. The van der Waals surface area contributed by atoms with Crippen LogP contribution in [0.25, 0.3) is 0 Å². The quantitative estimate of drug-likeness (QED) is 0.943. The Morgan fingerprint density at radius 2 is 2.23 bits per heavy atom. The molecule has 3 rings (SSSR count). The molecule has 1 amide bonds. The molecule has 0 fully saturated rings. The zero-order valence-corrected chi connectivity index (χ0v) is 13.0. The Hall–Kier alpha value is -2.37. The number of carbonyl (C=O) groups excluding carboxylic acids is 1. The van der Waals surface area contributed by atoms with Gasteiger partial charge >= 0.3 is 0 Å². The molecule has 22 heavy (non-hydrogen) atoms. The number of aryl methyl sites for hydroxylation is 1. The van der Waals surface area contributed by atoms with E-state index in [4.69, 9.17) is 4.52 Å². The minimum atomic E-state index is -0.325. The fourth-order valence-electron chi connectivity index (χ4n) is 2.80. The first kappa shape index (κ1) is 14.6. The van der Waals surface area contributed by atoms with Crippen molar-refractivity contribution in [2.24, 2.45) is 5.92 Å².